The van der Waals surface area contributed by atoms with Gasteiger partial charge in [-0.25, -0.2) is 0 Å². The van der Waals surface area contributed by atoms with Crippen LogP contribution in [0.2, 0.25) is 0 Å². The minimum atomic E-state index is -0.961. The van der Waals surface area contributed by atoms with Crippen LogP contribution in [0.5, 0.6) is 11.5 Å². The van der Waals surface area contributed by atoms with Gasteiger partial charge in [0.2, 0.25) is 0 Å². The average molecular weight is 416 g/mol. The van der Waals surface area contributed by atoms with Crippen molar-refractivity contribution in [3.63, 3.8) is 0 Å². The standard InChI is InChI=1S/C25H37NO4/c1-21(2,3)24(6,28)16-13-22(4)17-12-14-8-9-15(27)19-18(14)25(22,10-11-26-17)20(30-19)23(16,5)29-7/h8-9,16-17,20,26-28H,10-13H2,1-7H3/t16-,17+,20-,22+,23+,24-,25?/m0/s1. The first-order valence-electron chi connectivity index (χ1n) is 11.4. The lowest BCUT2D eigenvalue weighted by molar-refractivity contribution is -0.261. The molecule has 5 rings (SSSR count). The summed E-state index contributed by atoms with van der Waals surface area (Å²) in [4.78, 5) is 0. The first kappa shape index (κ1) is 20.6. The van der Waals surface area contributed by atoms with E-state index in [0.717, 1.165) is 25.8 Å². The number of phenols is 1. The molecule has 4 aliphatic rings. The number of methoxy groups -OCH3 is 1. The van der Waals surface area contributed by atoms with E-state index in [-0.39, 0.29) is 34.0 Å². The molecule has 5 nitrogen and oxygen atoms in total. The molecule has 1 saturated carbocycles. The molecule has 2 aliphatic heterocycles. The Balaban J connectivity index is 1.80. The summed E-state index contributed by atoms with van der Waals surface area (Å²) in [5.74, 6) is 0.733. The fraction of sp³-hybridized carbons (Fsp3) is 0.760. The molecular weight excluding hydrogens is 378 g/mol. The van der Waals surface area contributed by atoms with E-state index in [9.17, 15) is 10.2 Å². The van der Waals surface area contributed by atoms with Crippen molar-refractivity contribution in [2.24, 2.45) is 16.7 Å². The molecule has 2 heterocycles. The van der Waals surface area contributed by atoms with Crippen LogP contribution < -0.4 is 10.1 Å². The molecule has 3 N–H and O–H groups in total. The highest BCUT2D eigenvalue weighted by Gasteiger charge is 2.76. The number of rotatable bonds is 2. The largest absolute Gasteiger partial charge is 0.504 e. The van der Waals surface area contributed by atoms with Crippen molar-refractivity contribution in [2.75, 3.05) is 13.7 Å². The Bertz CT molecular complexity index is 905. The zero-order valence-corrected chi connectivity index (χ0v) is 19.4. The van der Waals surface area contributed by atoms with Gasteiger partial charge in [-0.15, -0.1) is 0 Å². The van der Waals surface area contributed by atoms with Crippen molar-refractivity contribution >= 4 is 0 Å². The lowest BCUT2D eigenvalue weighted by Gasteiger charge is -2.69. The number of aromatic hydroxyl groups is 1. The Morgan fingerprint density at radius 2 is 1.90 bits per heavy atom. The van der Waals surface area contributed by atoms with Crippen LogP contribution in [-0.4, -0.2) is 47.2 Å². The predicted molar refractivity (Wildman–Crippen MR) is 116 cm³/mol. The van der Waals surface area contributed by atoms with E-state index in [2.05, 4.69) is 46.0 Å². The molecule has 1 unspecified atom stereocenters. The van der Waals surface area contributed by atoms with E-state index in [1.807, 2.05) is 6.92 Å². The van der Waals surface area contributed by atoms with Gasteiger partial charge in [-0.3, -0.25) is 0 Å². The van der Waals surface area contributed by atoms with Crippen molar-refractivity contribution in [3.8, 4) is 11.5 Å². The molecule has 166 valence electrons. The molecule has 5 heteroatoms. The maximum Gasteiger partial charge on any atom is 0.165 e. The summed E-state index contributed by atoms with van der Waals surface area (Å²) in [5, 5.41) is 26.5. The monoisotopic (exact) mass is 415 g/mol. The fourth-order valence-corrected chi connectivity index (χ4v) is 7.63. The van der Waals surface area contributed by atoms with Crippen LogP contribution in [0.15, 0.2) is 12.1 Å². The van der Waals surface area contributed by atoms with Gasteiger partial charge < -0.3 is 25.0 Å². The number of aliphatic hydroxyl groups is 1. The highest BCUT2D eigenvalue weighted by atomic mass is 16.6. The summed E-state index contributed by atoms with van der Waals surface area (Å²) in [6.07, 6.45) is 2.44. The molecule has 1 aromatic carbocycles. The van der Waals surface area contributed by atoms with E-state index in [0.29, 0.717) is 11.8 Å². The minimum absolute atomic E-state index is 0.111. The minimum Gasteiger partial charge on any atom is -0.504 e. The van der Waals surface area contributed by atoms with E-state index in [4.69, 9.17) is 9.47 Å². The van der Waals surface area contributed by atoms with Gasteiger partial charge in [0.05, 0.1) is 5.60 Å². The number of piperidine rings is 1. The molecule has 2 fully saturated rings. The first-order valence-corrected chi connectivity index (χ1v) is 11.4. The zero-order chi connectivity index (χ0) is 21.9. The molecule has 2 aliphatic carbocycles. The summed E-state index contributed by atoms with van der Waals surface area (Å²) < 4.78 is 13.0. The molecule has 0 radical (unpaired) electrons. The second kappa shape index (κ2) is 5.73. The number of hydrogen-bond acceptors (Lipinski definition) is 5. The zero-order valence-electron chi connectivity index (χ0n) is 19.4. The Labute approximate surface area is 180 Å². The first-order chi connectivity index (χ1) is 13.8. The van der Waals surface area contributed by atoms with E-state index in [1.54, 1.807) is 13.2 Å². The number of nitrogens with one attached hydrogen (secondary N) is 1. The van der Waals surface area contributed by atoms with Crippen LogP contribution in [0.3, 0.4) is 0 Å². The Morgan fingerprint density at radius 3 is 2.53 bits per heavy atom. The van der Waals surface area contributed by atoms with Gasteiger partial charge >= 0.3 is 0 Å². The topological polar surface area (TPSA) is 71.0 Å². The third-order valence-corrected chi connectivity index (χ3v) is 9.95. The van der Waals surface area contributed by atoms with Gasteiger partial charge in [0.1, 0.15) is 11.7 Å². The lowest BCUT2D eigenvalue weighted by Crippen LogP contribution is -2.78. The van der Waals surface area contributed by atoms with Gasteiger partial charge in [-0.05, 0) is 62.1 Å². The summed E-state index contributed by atoms with van der Waals surface area (Å²) in [6, 6.07) is 4.15. The third kappa shape index (κ3) is 2.05. The van der Waals surface area contributed by atoms with E-state index >= 15 is 0 Å². The number of benzene rings is 1. The van der Waals surface area contributed by atoms with Crippen LogP contribution >= 0.6 is 0 Å². The van der Waals surface area contributed by atoms with Crippen LogP contribution in [0, 0.1) is 16.7 Å². The van der Waals surface area contributed by atoms with Gasteiger partial charge in [0.25, 0.3) is 0 Å². The summed E-state index contributed by atoms with van der Waals surface area (Å²) in [5.41, 5.74) is 0.146. The SMILES string of the molecule is CO[C@@]1(C)[C@@H]2Oc3c(O)ccc4c3C23CCN[C@H](C4)[C@@]3(C)C[C@@H]1[C@](C)(O)C(C)(C)C. The van der Waals surface area contributed by atoms with Crippen molar-refractivity contribution < 1.29 is 19.7 Å². The third-order valence-electron chi connectivity index (χ3n) is 9.95. The van der Waals surface area contributed by atoms with Crippen LogP contribution in [0.25, 0.3) is 0 Å². The van der Waals surface area contributed by atoms with Crippen molar-refractivity contribution in [3.05, 3.63) is 23.3 Å². The average Bonchev–Trinajstić information content (AvgIpc) is 3.01. The van der Waals surface area contributed by atoms with E-state index < -0.39 is 11.2 Å². The van der Waals surface area contributed by atoms with Gasteiger partial charge in [-0.1, -0.05) is 33.8 Å². The molecular formula is C25H37NO4. The normalized spacial score (nSPS) is 43.5. The molecule has 1 saturated heterocycles. The van der Waals surface area contributed by atoms with E-state index in [1.165, 1.54) is 11.1 Å². The highest BCUT2D eigenvalue weighted by Crippen LogP contribution is 2.72. The highest BCUT2D eigenvalue weighted by molar-refractivity contribution is 5.62. The molecule has 0 aromatic heterocycles. The predicted octanol–water partition coefficient (Wildman–Crippen LogP) is 3.54. The van der Waals surface area contributed by atoms with Crippen molar-refractivity contribution in [2.45, 2.75) is 89.6 Å². The quantitative estimate of drug-likeness (QED) is 0.689. The Hall–Kier alpha value is -1.30. The molecule has 0 amide bonds. The Kier molecular flexibility index (Phi) is 3.93. The summed E-state index contributed by atoms with van der Waals surface area (Å²) in [7, 11) is 1.75. The molecule has 2 bridgehead atoms. The van der Waals surface area contributed by atoms with Crippen molar-refractivity contribution in [1.82, 2.24) is 5.32 Å². The number of hydrogen-bond donors (Lipinski definition) is 3. The smallest absolute Gasteiger partial charge is 0.165 e. The summed E-state index contributed by atoms with van der Waals surface area (Å²) >= 11 is 0. The second-order valence-corrected chi connectivity index (χ2v) is 11.8. The molecule has 1 spiro atoms. The van der Waals surface area contributed by atoms with Crippen molar-refractivity contribution in [1.29, 1.82) is 0 Å². The van der Waals surface area contributed by atoms with Crippen LogP contribution in [-0.2, 0) is 16.6 Å². The molecule has 1 aromatic rings. The molecule has 30 heavy (non-hydrogen) atoms. The summed E-state index contributed by atoms with van der Waals surface area (Å²) in [6.45, 7) is 13.7. The van der Waals surface area contributed by atoms with Gasteiger partial charge in [0, 0.05) is 30.0 Å². The van der Waals surface area contributed by atoms with Gasteiger partial charge in [0.15, 0.2) is 11.5 Å². The Morgan fingerprint density at radius 1 is 1.20 bits per heavy atom. The maximum absolute atomic E-state index is 11.9. The lowest BCUT2D eigenvalue weighted by atomic mass is 9.39. The molecule has 7 atom stereocenters. The van der Waals surface area contributed by atoms with Crippen LogP contribution in [0.1, 0.15) is 65.5 Å². The van der Waals surface area contributed by atoms with Crippen LogP contribution in [0.4, 0.5) is 0 Å². The second-order valence-electron chi connectivity index (χ2n) is 11.8. The van der Waals surface area contributed by atoms with Gasteiger partial charge in [-0.2, -0.15) is 0 Å². The maximum atomic E-state index is 11.9. The fourth-order valence-electron chi connectivity index (χ4n) is 7.63. The number of ether oxygens (including phenoxy) is 2. The number of phenolic OH excluding ortho intramolecular Hbond substituents is 1.